The molecule has 10 rings (SSSR count). The Morgan fingerprint density at radius 1 is 0.340 bits per heavy atom. The highest BCUT2D eigenvalue weighted by molar-refractivity contribution is 6.12. The van der Waals surface area contributed by atoms with Gasteiger partial charge in [-0.25, -0.2) is 4.85 Å². The largest absolute Gasteiger partial charge is 0.309 e. The number of rotatable bonds is 6. The molecule has 0 spiro atoms. The molecule has 0 unspecified atom stereocenters. The number of hydrogen-bond donors (Lipinski definition) is 0. The molecule has 0 amide bonds. The fourth-order valence-corrected chi connectivity index (χ4v) is 8.64. The zero-order valence-corrected chi connectivity index (χ0v) is 28.9. The zero-order valence-electron chi connectivity index (χ0n) is 28.9. The van der Waals surface area contributed by atoms with E-state index in [9.17, 15) is 0 Å². The molecule has 53 heavy (non-hydrogen) atoms. The van der Waals surface area contributed by atoms with Gasteiger partial charge in [0.15, 0.2) is 5.69 Å². The Hall–Kier alpha value is -7.15. The molecule has 2 heterocycles. The van der Waals surface area contributed by atoms with Crippen LogP contribution in [0.15, 0.2) is 200 Å². The van der Waals surface area contributed by atoms with Gasteiger partial charge in [-0.1, -0.05) is 152 Å². The van der Waals surface area contributed by atoms with Gasteiger partial charge in [-0.15, -0.1) is 0 Å². The minimum atomic E-state index is -0.679. The molecule has 0 aliphatic carbocycles. The fourth-order valence-electron chi connectivity index (χ4n) is 8.64. The first-order valence-corrected chi connectivity index (χ1v) is 18.0. The van der Waals surface area contributed by atoms with Crippen LogP contribution < -0.4 is 0 Å². The summed E-state index contributed by atoms with van der Waals surface area (Å²) < 4.78 is 4.79. The van der Waals surface area contributed by atoms with Crippen molar-refractivity contribution in [2.75, 3.05) is 0 Å². The fraction of sp³-hybridized carbons (Fsp3) is 0.0200. The van der Waals surface area contributed by atoms with Gasteiger partial charge in [0.25, 0.3) is 0 Å². The number of para-hydroxylation sites is 3. The number of nitrogens with zero attached hydrogens (tertiary/aromatic N) is 3. The third-order valence-electron chi connectivity index (χ3n) is 10.9. The van der Waals surface area contributed by atoms with Crippen molar-refractivity contribution in [1.82, 2.24) is 9.13 Å². The highest BCUT2D eigenvalue weighted by Gasteiger charge is 2.38. The van der Waals surface area contributed by atoms with Crippen molar-refractivity contribution in [3.05, 3.63) is 234 Å². The molecule has 0 bridgehead atoms. The van der Waals surface area contributed by atoms with Crippen LogP contribution in [0.5, 0.6) is 0 Å². The first kappa shape index (κ1) is 30.7. The Bertz CT molecular complexity index is 2920. The lowest BCUT2D eigenvalue weighted by molar-refractivity contribution is 0.744. The maximum Gasteiger partial charge on any atom is 0.187 e. The summed E-state index contributed by atoms with van der Waals surface area (Å²) in [4.78, 5) is 3.86. The van der Waals surface area contributed by atoms with Crippen LogP contribution in [0.2, 0.25) is 0 Å². The van der Waals surface area contributed by atoms with E-state index in [0.717, 1.165) is 44.7 Å². The summed E-state index contributed by atoms with van der Waals surface area (Å²) in [6, 6.07) is 71.5. The molecule has 3 nitrogen and oxygen atoms in total. The van der Waals surface area contributed by atoms with Gasteiger partial charge >= 0.3 is 0 Å². The monoisotopic (exact) mass is 675 g/mol. The summed E-state index contributed by atoms with van der Waals surface area (Å²) in [6.45, 7) is 7.90. The Kier molecular flexibility index (Phi) is 7.09. The van der Waals surface area contributed by atoms with Crippen LogP contribution in [0.1, 0.15) is 22.3 Å². The topological polar surface area (TPSA) is 14.2 Å². The molecule has 248 valence electrons. The molecule has 0 saturated heterocycles. The first-order chi connectivity index (χ1) is 26.3. The van der Waals surface area contributed by atoms with E-state index in [4.69, 9.17) is 6.57 Å². The lowest BCUT2D eigenvalue weighted by Crippen LogP contribution is -2.31. The molecule has 3 heteroatoms. The van der Waals surface area contributed by atoms with Crippen molar-refractivity contribution in [2.45, 2.75) is 5.41 Å². The van der Waals surface area contributed by atoms with Gasteiger partial charge < -0.3 is 9.13 Å². The summed E-state index contributed by atoms with van der Waals surface area (Å²) in [5.41, 5.74) is 11.3. The molecule has 8 aromatic carbocycles. The standard InChI is InChI=1S/C50H33N3/c1-51-39-22-14-20-37(32-39)50(35-16-4-2-5-17-35,36-18-6-3-7-19-36)38-21-15-23-40(33-38)52-48-29-13-10-26-44(48)45-34-41(30-31-49(45)52)53-46-27-11-8-24-42(46)43-25-9-12-28-47(43)53/h2-34H. The van der Waals surface area contributed by atoms with Crippen LogP contribution in [0, 0.1) is 6.57 Å². The third-order valence-corrected chi connectivity index (χ3v) is 10.9. The van der Waals surface area contributed by atoms with Crippen molar-refractivity contribution in [2.24, 2.45) is 0 Å². The molecule has 2 aromatic heterocycles. The second kappa shape index (κ2) is 12.3. The van der Waals surface area contributed by atoms with E-state index < -0.39 is 5.41 Å². The molecule has 0 aliphatic rings. The predicted octanol–water partition coefficient (Wildman–Crippen LogP) is 12.8. The van der Waals surface area contributed by atoms with Crippen molar-refractivity contribution < 1.29 is 0 Å². The van der Waals surface area contributed by atoms with Crippen molar-refractivity contribution in [3.8, 4) is 11.4 Å². The maximum atomic E-state index is 7.90. The minimum Gasteiger partial charge on any atom is -0.309 e. The summed E-state index contributed by atoms with van der Waals surface area (Å²) >= 11 is 0. The van der Waals surface area contributed by atoms with Gasteiger partial charge in [-0.05, 0) is 70.8 Å². The van der Waals surface area contributed by atoms with Crippen molar-refractivity contribution >= 4 is 49.3 Å². The van der Waals surface area contributed by atoms with Crippen LogP contribution in [0.4, 0.5) is 5.69 Å². The Morgan fingerprint density at radius 3 is 1.34 bits per heavy atom. The van der Waals surface area contributed by atoms with Gasteiger partial charge in [0.1, 0.15) is 0 Å². The van der Waals surface area contributed by atoms with Crippen LogP contribution in [0.25, 0.3) is 59.8 Å². The highest BCUT2D eigenvalue weighted by Crippen LogP contribution is 2.47. The molecular formula is C50H33N3. The van der Waals surface area contributed by atoms with E-state index in [-0.39, 0.29) is 0 Å². The summed E-state index contributed by atoms with van der Waals surface area (Å²) in [5.74, 6) is 0. The van der Waals surface area contributed by atoms with Crippen molar-refractivity contribution in [3.63, 3.8) is 0 Å². The van der Waals surface area contributed by atoms with Gasteiger partial charge in [0.05, 0.1) is 34.1 Å². The van der Waals surface area contributed by atoms with Gasteiger partial charge in [0, 0.05) is 32.9 Å². The molecule has 10 aromatic rings. The molecular weight excluding hydrogens is 643 g/mol. The van der Waals surface area contributed by atoms with E-state index in [0.29, 0.717) is 5.69 Å². The number of fused-ring (bicyclic) bond motifs is 6. The summed E-state index contributed by atoms with van der Waals surface area (Å²) in [5, 5.41) is 4.92. The van der Waals surface area contributed by atoms with Gasteiger partial charge in [0.2, 0.25) is 0 Å². The third kappa shape index (κ3) is 4.67. The normalized spacial score (nSPS) is 11.8. The molecule has 0 fully saturated rings. The summed E-state index contributed by atoms with van der Waals surface area (Å²) in [7, 11) is 0. The number of hydrogen-bond acceptors (Lipinski definition) is 0. The van der Waals surface area contributed by atoms with Crippen LogP contribution in [0.3, 0.4) is 0 Å². The average molecular weight is 676 g/mol. The van der Waals surface area contributed by atoms with Crippen molar-refractivity contribution in [1.29, 1.82) is 0 Å². The SMILES string of the molecule is [C-]#[N+]c1cccc(C(c2ccccc2)(c2ccccc2)c2cccc(-n3c4ccccc4c4cc(-n5c6ccccc6c6ccccc65)ccc43)c2)c1. The maximum absolute atomic E-state index is 7.90. The van der Waals surface area contributed by atoms with E-state index in [1.807, 2.05) is 12.1 Å². The quantitative estimate of drug-likeness (QED) is 0.123. The minimum absolute atomic E-state index is 0.622. The second-order valence-corrected chi connectivity index (χ2v) is 13.6. The molecule has 0 aliphatic heterocycles. The van der Waals surface area contributed by atoms with E-state index in [2.05, 4.69) is 202 Å². The lowest BCUT2D eigenvalue weighted by atomic mass is 9.65. The van der Waals surface area contributed by atoms with Gasteiger partial charge in [-0.2, -0.15) is 0 Å². The van der Waals surface area contributed by atoms with Crippen LogP contribution in [-0.2, 0) is 5.41 Å². The Labute approximate surface area is 308 Å². The molecule has 0 N–H and O–H groups in total. The van der Waals surface area contributed by atoms with E-state index >= 15 is 0 Å². The Morgan fingerprint density at radius 2 is 0.774 bits per heavy atom. The van der Waals surface area contributed by atoms with Crippen LogP contribution >= 0.6 is 0 Å². The first-order valence-electron chi connectivity index (χ1n) is 18.0. The molecule has 0 radical (unpaired) electrons. The van der Waals surface area contributed by atoms with E-state index in [1.54, 1.807) is 0 Å². The second-order valence-electron chi connectivity index (χ2n) is 13.6. The van der Waals surface area contributed by atoms with Gasteiger partial charge in [-0.3, -0.25) is 0 Å². The van der Waals surface area contributed by atoms with Crippen LogP contribution in [-0.4, -0.2) is 9.13 Å². The zero-order chi connectivity index (χ0) is 35.4. The molecule has 0 saturated carbocycles. The Balaban J connectivity index is 1.24. The highest BCUT2D eigenvalue weighted by atomic mass is 15.0. The number of aromatic nitrogens is 2. The smallest absolute Gasteiger partial charge is 0.187 e. The molecule has 0 atom stereocenters. The lowest BCUT2D eigenvalue weighted by Gasteiger charge is -2.37. The predicted molar refractivity (Wildman–Crippen MR) is 220 cm³/mol. The number of benzene rings is 8. The average Bonchev–Trinajstić information content (AvgIpc) is 3.75. The van der Waals surface area contributed by atoms with E-state index in [1.165, 1.54) is 32.6 Å². The summed E-state index contributed by atoms with van der Waals surface area (Å²) in [6.07, 6.45) is 0.